The van der Waals surface area contributed by atoms with Crippen LogP contribution in [0, 0.1) is 0 Å². The van der Waals surface area contributed by atoms with Gasteiger partial charge in [-0.05, 0) is 25.3 Å². The van der Waals surface area contributed by atoms with Crippen LogP contribution in [-0.2, 0) is 11.3 Å². The molecule has 0 amide bonds. The van der Waals surface area contributed by atoms with Crippen molar-refractivity contribution in [2.45, 2.75) is 38.6 Å². The fourth-order valence-electron chi connectivity index (χ4n) is 1.59. The second-order valence-corrected chi connectivity index (χ2v) is 4.03. The molecule has 0 spiro atoms. The number of aliphatic hydroxyl groups excluding tert-OH is 1. The van der Waals surface area contributed by atoms with Gasteiger partial charge in [0.25, 0.3) is 0 Å². The molecule has 1 rings (SSSR count). The zero-order valence-electron chi connectivity index (χ0n) is 9.80. The third-order valence-electron chi connectivity index (χ3n) is 2.36. The van der Waals surface area contributed by atoms with E-state index in [0.717, 1.165) is 12.0 Å². The summed E-state index contributed by atoms with van der Waals surface area (Å²) < 4.78 is 5.75. The molecule has 2 atom stereocenters. The standard InChI is InChI=1S/C14H20O2/c1-3-7-14(10-12(2)15)16-11-13-8-5-4-6-9-13/h3-6,8-9,12,14-15H,1,7,10-11H2,2H3/t12-,14+/m1/s1. The fourth-order valence-corrected chi connectivity index (χ4v) is 1.59. The largest absolute Gasteiger partial charge is 0.393 e. The Kier molecular flexibility index (Phi) is 5.83. The Morgan fingerprint density at radius 1 is 1.38 bits per heavy atom. The Balaban J connectivity index is 2.40. The van der Waals surface area contributed by atoms with E-state index < -0.39 is 0 Å². The lowest BCUT2D eigenvalue weighted by Crippen LogP contribution is -2.18. The SMILES string of the molecule is C=CC[C@@H](C[C@@H](C)O)OCc1ccccc1. The molecular formula is C14H20O2. The Bertz CT molecular complexity index is 293. The summed E-state index contributed by atoms with van der Waals surface area (Å²) >= 11 is 0. The maximum absolute atomic E-state index is 9.33. The average Bonchev–Trinajstić information content (AvgIpc) is 2.27. The Labute approximate surface area is 97.6 Å². The highest BCUT2D eigenvalue weighted by molar-refractivity contribution is 5.13. The van der Waals surface area contributed by atoms with Gasteiger partial charge in [-0.2, -0.15) is 0 Å². The molecule has 0 radical (unpaired) electrons. The van der Waals surface area contributed by atoms with Gasteiger partial charge in [-0.1, -0.05) is 36.4 Å². The van der Waals surface area contributed by atoms with Gasteiger partial charge in [0, 0.05) is 0 Å². The van der Waals surface area contributed by atoms with E-state index in [9.17, 15) is 5.11 Å². The number of hydrogen-bond donors (Lipinski definition) is 1. The van der Waals surface area contributed by atoms with E-state index in [1.165, 1.54) is 0 Å². The molecule has 0 saturated heterocycles. The Hall–Kier alpha value is -1.12. The lowest BCUT2D eigenvalue weighted by Gasteiger charge is -2.17. The third kappa shape index (κ3) is 5.10. The summed E-state index contributed by atoms with van der Waals surface area (Å²) in [6, 6.07) is 10.0. The smallest absolute Gasteiger partial charge is 0.0720 e. The number of rotatable bonds is 7. The zero-order chi connectivity index (χ0) is 11.8. The lowest BCUT2D eigenvalue weighted by molar-refractivity contribution is 0.00987. The van der Waals surface area contributed by atoms with Crippen molar-refractivity contribution in [1.82, 2.24) is 0 Å². The summed E-state index contributed by atoms with van der Waals surface area (Å²) in [7, 11) is 0. The summed E-state index contributed by atoms with van der Waals surface area (Å²) in [6.07, 6.45) is 2.98. The van der Waals surface area contributed by atoms with Crippen LogP contribution in [0.3, 0.4) is 0 Å². The summed E-state index contributed by atoms with van der Waals surface area (Å²) in [6.45, 7) is 6.07. The quantitative estimate of drug-likeness (QED) is 0.716. The number of aliphatic hydroxyl groups is 1. The summed E-state index contributed by atoms with van der Waals surface area (Å²) in [5, 5.41) is 9.33. The van der Waals surface area contributed by atoms with Gasteiger partial charge >= 0.3 is 0 Å². The molecule has 16 heavy (non-hydrogen) atoms. The van der Waals surface area contributed by atoms with Crippen LogP contribution in [0.1, 0.15) is 25.3 Å². The van der Waals surface area contributed by atoms with Gasteiger partial charge in [0.1, 0.15) is 0 Å². The third-order valence-corrected chi connectivity index (χ3v) is 2.36. The number of hydrogen-bond acceptors (Lipinski definition) is 2. The highest BCUT2D eigenvalue weighted by Crippen LogP contribution is 2.11. The van der Waals surface area contributed by atoms with E-state index in [1.807, 2.05) is 36.4 Å². The van der Waals surface area contributed by atoms with Crippen molar-refractivity contribution in [3.8, 4) is 0 Å². The normalized spacial score (nSPS) is 14.4. The average molecular weight is 220 g/mol. The van der Waals surface area contributed by atoms with Gasteiger partial charge in [0.05, 0.1) is 18.8 Å². The first kappa shape index (κ1) is 12.9. The minimum Gasteiger partial charge on any atom is -0.393 e. The first-order valence-corrected chi connectivity index (χ1v) is 5.67. The van der Waals surface area contributed by atoms with Crippen LogP contribution in [0.15, 0.2) is 43.0 Å². The van der Waals surface area contributed by atoms with Gasteiger partial charge in [0.2, 0.25) is 0 Å². The lowest BCUT2D eigenvalue weighted by atomic mass is 10.1. The predicted octanol–water partition coefficient (Wildman–Crippen LogP) is 2.92. The van der Waals surface area contributed by atoms with Crippen LogP contribution in [0.5, 0.6) is 0 Å². The van der Waals surface area contributed by atoms with Gasteiger partial charge in [-0.3, -0.25) is 0 Å². The maximum Gasteiger partial charge on any atom is 0.0720 e. The molecule has 2 heteroatoms. The van der Waals surface area contributed by atoms with Gasteiger partial charge in [-0.15, -0.1) is 6.58 Å². The van der Waals surface area contributed by atoms with E-state index in [2.05, 4.69) is 6.58 Å². The van der Waals surface area contributed by atoms with Crippen LogP contribution < -0.4 is 0 Å². The van der Waals surface area contributed by atoms with Crippen molar-refractivity contribution in [2.75, 3.05) is 0 Å². The maximum atomic E-state index is 9.33. The molecule has 0 aliphatic carbocycles. The molecule has 0 aliphatic heterocycles. The van der Waals surface area contributed by atoms with E-state index in [-0.39, 0.29) is 12.2 Å². The highest BCUT2D eigenvalue weighted by atomic mass is 16.5. The first-order valence-electron chi connectivity index (χ1n) is 5.67. The second-order valence-electron chi connectivity index (χ2n) is 4.03. The molecule has 1 N–H and O–H groups in total. The summed E-state index contributed by atoms with van der Waals surface area (Å²) in [4.78, 5) is 0. The fraction of sp³-hybridized carbons (Fsp3) is 0.429. The van der Waals surface area contributed by atoms with Crippen molar-refractivity contribution in [1.29, 1.82) is 0 Å². The second kappa shape index (κ2) is 7.20. The molecule has 88 valence electrons. The van der Waals surface area contributed by atoms with Crippen molar-refractivity contribution in [3.05, 3.63) is 48.6 Å². The van der Waals surface area contributed by atoms with Gasteiger partial charge in [0.15, 0.2) is 0 Å². The molecule has 1 aromatic rings. The van der Waals surface area contributed by atoms with Crippen LogP contribution in [0.25, 0.3) is 0 Å². The minimum absolute atomic E-state index is 0.0534. The molecule has 1 aromatic carbocycles. The summed E-state index contributed by atoms with van der Waals surface area (Å²) in [5.41, 5.74) is 1.15. The molecule has 0 aromatic heterocycles. The van der Waals surface area contributed by atoms with E-state index in [0.29, 0.717) is 13.0 Å². The number of benzene rings is 1. The van der Waals surface area contributed by atoms with Crippen molar-refractivity contribution >= 4 is 0 Å². The molecule has 0 bridgehead atoms. The van der Waals surface area contributed by atoms with Crippen molar-refractivity contribution < 1.29 is 9.84 Å². The van der Waals surface area contributed by atoms with Crippen LogP contribution >= 0.6 is 0 Å². The van der Waals surface area contributed by atoms with Crippen LogP contribution in [0.4, 0.5) is 0 Å². The predicted molar refractivity (Wildman–Crippen MR) is 66.1 cm³/mol. The molecule has 0 fully saturated rings. The Morgan fingerprint density at radius 2 is 2.06 bits per heavy atom. The Morgan fingerprint density at radius 3 is 2.62 bits per heavy atom. The van der Waals surface area contributed by atoms with Crippen LogP contribution in [0.2, 0.25) is 0 Å². The molecule has 0 saturated carbocycles. The van der Waals surface area contributed by atoms with Crippen molar-refractivity contribution in [3.63, 3.8) is 0 Å². The van der Waals surface area contributed by atoms with Crippen LogP contribution in [-0.4, -0.2) is 17.3 Å². The molecular weight excluding hydrogens is 200 g/mol. The highest BCUT2D eigenvalue weighted by Gasteiger charge is 2.10. The molecule has 2 nitrogen and oxygen atoms in total. The monoisotopic (exact) mass is 220 g/mol. The van der Waals surface area contributed by atoms with Gasteiger partial charge in [-0.25, -0.2) is 0 Å². The molecule has 0 aliphatic rings. The topological polar surface area (TPSA) is 29.5 Å². The van der Waals surface area contributed by atoms with E-state index >= 15 is 0 Å². The van der Waals surface area contributed by atoms with E-state index in [1.54, 1.807) is 6.92 Å². The summed E-state index contributed by atoms with van der Waals surface area (Å²) in [5.74, 6) is 0. The van der Waals surface area contributed by atoms with E-state index in [4.69, 9.17) is 4.74 Å². The molecule has 0 heterocycles. The number of ether oxygens (including phenoxy) is 1. The zero-order valence-corrected chi connectivity index (χ0v) is 9.80. The minimum atomic E-state index is -0.333. The molecule has 0 unspecified atom stereocenters. The van der Waals surface area contributed by atoms with Gasteiger partial charge < -0.3 is 9.84 Å². The van der Waals surface area contributed by atoms with Crippen molar-refractivity contribution in [2.24, 2.45) is 0 Å². The first-order chi connectivity index (χ1) is 7.72.